The van der Waals surface area contributed by atoms with Gasteiger partial charge in [-0.2, -0.15) is 0 Å². The number of benzene rings is 11. The lowest BCUT2D eigenvalue weighted by atomic mass is 9.89. The third kappa shape index (κ3) is 6.79. The van der Waals surface area contributed by atoms with Crippen molar-refractivity contribution in [3.05, 3.63) is 224 Å². The molecular formula is C65H52N2SSi2. The zero-order chi connectivity index (χ0) is 47.3. The van der Waals surface area contributed by atoms with E-state index in [1.54, 1.807) is 0 Å². The lowest BCUT2D eigenvalue weighted by molar-refractivity contribution is 1.29. The van der Waals surface area contributed by atoms with E-state index in [2.05, 4.69) is 267 Å². The Bertz CT molecular complexity index is 4020. The molecule has 0 bridgehead atoms. The SMILES string of the molecule is C[Si](C)(C)c1ccc(N(c2ccccc2)c2ccc3c(c2)[Si](C)(C)c2cccc4c2c-3cc2c3ccccc3c(N(c3ccc5sc6ccccc6c5c3)c3ccccc3-c3ccccc3)cc42)cc1. The highest BCUT2D eigenvalue weighted by Gasteiger charge is 2.37. The summed E-state index contributed by atoms with van der Waals surface area (Å²) in [5.74, 6) is 0. The molecule has 1 aromatic heterocycles. The molecule has 0 spiro atoms. The molecule has 5 heteroatoms. The molecule has 0 fully saturated rings. The summed E-state index contributed by atoms with van der Waals surface area (Å²) in [5.41, 5.74) is 12.1. The summed E-state index contributed by atoms with van der Waals surface area (Å²) in [7, 11) is -3.74. The van der Waals surface area contributed by atoms with Crippen LogP contribution in [0.2, 0.25) is 32.7 Å². The van der Waals surface area contributed by atoms with Gasteiger partial charge in [-0.1, -0.05) is 184 Å². The molecule has 0 saturated heterocycles. The molecule has 0 amide bonds. The second-order valence-corrected chi connectivity index (χ2v) is 31.0. The minimum absolute atomic E-state index is 1.14. The standard InChI is InChI=1S/C65H52N2SSi2/c1-69(2,3)48-35-31-45(32-36-48)66(44-21-10-7-11-22-44)47-33-37-53-58-41-55-50-24-12-13-25-51(50)60(42-56(55)54-27-18-30-63(65(54)58)70(4,5)64(53)40-47)67(59-28-16-14-23-49(59)43-19-8-6-9-20-43)46-34-38-62-57(39-46)52-26-15-17-29-61(52)68-62/h6-42H,1-5H3. The Morgan fingerprint density at radius 1 is 0.357 bits per heavy atom. The minimum atomic E-state index is -2.27. The highest BCUT2D eigenvalue weighted by atomic mass is 32.1. The van der Waals surface area contributed by atoms with Gasteiger partial charge in [-0.3, -0.25) is 0 Å². The molecule has 13 rings (SSSR count). The summed E-state index contributed by atoms with van der Waals surface area (Å²) >= 11 is 1.87. The van der Waals surface area contributed by atoms with Gasteiger partial charge in [-0.25, -0.2) is 0 Å². The van der Waals surface area contributed by atoms with Crippen LogP contribution in [0.4, 0.5) is 34.1 Å². The number of anilines is 6. The average molecular weight is 949 g/mol. The second kappa shape index (κ2) is 16.3. The number of fused-ring (bicyclic) bond motifs is 9. The molecule has 1 aliphatic heterocycles. The van der Waals surface area contributed by atoms with Crippen LogP contribution in [0.5, 0.6) is 0 Å². The fourth-order valence-corrected chi connectivity index (χ4v) is 16.8. The number of para-hydroxylation sites is 2. The van der Waals surface area contributed by atoms with Crippen LogP contribution in [-0.2, 0) is 0 Å². The molecule has 336 valence electrons. The van der Waals surface area contributed by atoms with E-state index in [9.17, 15) is 0 Å². The van der Waals surface area contributed by atoms with Gasteiger partial charge in [0.1, 0.15) is 8.07 Å². The molecule has 12 aromatic rings. The molecule has 0 aliphatic carbocycles. The van der Waals surface area contributed by atoms with Gasteiger partial charge in [0.25, 0.3) is 0 Å². The topological polar surface area (TPSA) is 6.48 Å². The molecule has 70 heavy (non-hydrogen) atoms. The maximum Gasteiger partial charge on any atom is 0.113 e. The number of hydrogen-bond acceptors (Lipinski definition) is 3. The van der Waals surface area contributed by atoms with Crippen molar-refractivity contribution < 1.29 is 0 Å². The lowest BCUT2D eigenvalue weighted by Gasteiger charge is -2.36. The number of hydrogen-bond donors (Lipinski definition) is 0. The number of nitrogens with zero attached hydrogens (tertiary/aromatic N) is 2. The Labute approximate surface area is 416 Å². The molecule has 0 N–H and O–H groups in total. The maximum absolute atomic E-state index is 2.56. The molecule has 0 saturated carbocycles. The van der Waals surface area contributed by atoms with Crippen molar-refractivity contribution in [2.24, 2.45) is 0 Å². The minimum Gasteiger partial charge on any atom is -0.311 e. The van der Waals surface area contributed by atoms with E-state index in [0.29, 0.717) is 0 Å². The molecule has 1 aliphatic rings. The fourth-order valence-electron chi connectivity index (χ4n) is 11.5. The largest absolute Gasteiger partial charge is 0.311 e. The van der Waals surface area contributed by atoms with Crippen molar-refractivity contribution in [3.8, 4) is 22.3 Å². The second-order valence-electron chi connectivity index (χ2n) is 20.5. The van der Waals surface area contributed by atoms with Crippen molar-refractivity contribution >= 4 is 130 Å². The smallest absolute Gasteiger partial charge is 0.113 e. The first-order valence-corrected chi connectivity index (χ1v) is 31.8. The van der Waals surface area contributed by atoms with E-state index in [-0.39, 0.29) is 0 Å². The monoisotopic (exact) mass is 948 g/mol. The van der Waals surface area contributed by atoms with Gasteiger partial charge in [0.05, 0.1) is 19.4 Å². The van der Waals surface area contributed by atoms with Gasteiger partial charge in [0.2, 0.25) is 0 Å². The van der Waals surface area contributed by atoms with Gasteiger partial charge in [0, 0.05) is 53.9 Å². The van der Waals surface area contributed by atoms with Crippen LogP contribution in [0.25, 0.3) is 74.7 Å². The van der Waals surface area contributed by atoms with Gasteiger partial charge < -0.3 is 9.80 Å². The van der Waals surface area contributed by atoms with Gasteiger partial charge in [-0.05, 0) is 133 Å². The predicted octanol–water partition coefficient (Wildman–Crippen LogP) is 17.5. The zero-order valence-electron chi connectivity index (χ0n) is 40.2. The van der Waals surface area contributed by atoms with E-state index in [0.717, 1.165) is 11.4 Å². The molecule has 2 nitrogen and oxygen atoms in total. The van der Waals surface area contributed by atoms with Crippen molar-refractivity contribution in [1.82, 2.24) is 0 Å². The van der Waals surface area contributed by atoms with Crippen molar-refractivity contribution in [3.63, 3.8) is 0 Å². The number of thiophene rings is 1. The molecule has 2 heterocycles. The molecule has 0 atom stereocenters. The van der Waals surface area contributed by atoms with Gasteiger partial charge in [0.15, 0.2) is 0 Å². The molecule has 0 radical (unpaired) electrons. The highest BCUT2D eigenvalue weighted by Crippen LogP contribution is 2.49. The highest BCUT2D eigenvalue weighted by molar-refractivity contribution is 7.25. The van der Waals surface area contributed by atoms with E-state index >= 15 is 0 Å². The predicted molar refractivity (Wildman–Crippen MR) is 312 cm³/mol. The van der Waals surface area contributed by atoms with Crippen molar-refractivity contribution in [2.75, 3.05) is 9.80 Å². The Balaban J connectivity index is 1.05. The summed E-state index contributed by atoms with van der Waals surface area (Å²) in [6.45, 7) is 12.4. The lowest BCUT2D eigenvalue weighted by Crippen LogP contribution is -2.56. The first-order chi connectivity index (χ1) is 34.1. The summed E-state index contributed by atoms with van der Waals surface area (Å²) < 4.78 is 2.61. The van der Waals surface area contributed by atoms with Crippen LogP contribution in [-0.4, -0.2) is 16.1 Å². The van der Waals surface area contributed by atoms with Crippen LogP contribution < -0.4 is 25.4 Å². The Morgan fingerprint density at radius 2 is 0.957 bits per heavy atom. The van der Waals surface area contributed by atoms with E-state index in [4.69, 9.17) is 0 Å². The molecular weight excluding hydrogens is 897 g/mol. The van der Waals surface area contributed by atoms with E-state index in [1.807, 2.05) is 11.3 Å². The van der Waals surface area contributed by atoms with Gasteiger partial charge in [-0.15, -0.1) is 11.3 Å². The first-order valence-electron chi connectivity index (χ1n) is 24.5. The first kappa shape index (κ1) is 42.5. The Morgan fingerprint density at radius 3 is 1.74 bits per heavy atom. The molecule has 0 unspecified atom stereocenters. The third-order valence-electron chi connectivity index (χ3n) is 15.0. The number of rotatable bonds is 8. The van der Waals surface area contributed by atoms with Crippen molar-refractivity contribution in [2.45, 2.75) is 32.7 Å². The fraction of sp³-hybridized carbons (Fsp3) is 0.0769. The summed E-state index contributed by atoms with van der Waals surface area (Å²) in [6, 6.07) is 84.6. The third-order valence-corrected chi connectivity index (χ3v) is 21.7. The Hall–Kier alpha value is -7.55. The normalized spacial score (nSPS) is 13.0. The Kier molecular flexibility index (Phi) is 9.90. The maximum atomic E-state index is 2.56. The van der Waals surface area contributed by atoms with Gasteiger partial charge >= 0.3 is 0 Å². The zero-order valence-corrected chi connectivity index (χ0v) is 43.0. The van der Waals surface area contributed by atoms with Crippen LogP contribution in [0.15, 0.2) is 224 Å². The summed E-state index contributed by atoms with van der Waals surface area (Å²) in [6.07, 6.45) is 0. The summed E-state index contributed by atoms with van der Waals surface area (Å²) in [5, 5.41) is 14.8. The van der Waals surface area contributed by atoms with Crippen LogP contribution in [0.1, 0.15) is 0 Å². The van der Waals surface area contributed by atoms with E-state index in [1.165, 1.54) is 113 Å². The van der Waals surface area contributed by atoms with E-state index < -0.39 is 16.1 Å². The van der Waals surface area contributed by atoms with Crippen LogP contribution in [0.3, 0.4) is 0 Å². The molecule has 11 aromatic carbocycles. The van der Waals surface area contributed by atoms with Crippen molar-refractivity contribution in [1.29, 1.82) is 0 Å². The average Bonchev–Trinajstić information content (AvgIpc) is 3.77. The van der Waals surface area contributed by atoms with Crippen LogP contribution in [0, 0.1) is 0 Å². The van der Waals surface area contributed by atoms with Crippen LogP contribution >= 0.6 is 11.3 Å². The quantitative estimate of drug-likeness (QED) is 0.111. The summed E-state index contributed by atoms with van der Waals surface area (Å²) in [4.78, 5) is 4.99.